The fourth-order valence-corrected chi connectivity index (χ4v) is 6.15. The number of nitrogens with one attached hydrogen (secondary N) is 6. The van der Waals surface area contributed by atoms with Crippen LogP contribution in [0.15, 0.2) is 94.5 Å². The molecule has 0 saturated carbocycles. The van der Waals surface area contributed by atoms with E-state index < -0.39 is 29.6 Å². The maximum absolute atomic E-state index is 13.9. The van der Waals surface area contributed by atoms with E-state index in [1.165, 1.54) is 18.5 Å². The van der Waals surface area contributed by atoms with Gasteiger partial charge in [-0.3, -0.25) is 10.1 Å². The zero-order valence-electron chi connectivity index (χ0n) is 40.5. The van der Waals surface area contributed by atoms with Gasteiger partial charge in [-0.1, -0.05) is 87.7 Å². The van der Waals surface area contributed by atoms with Crippen molar-refractivity contribution < 1.29 is 28.5 Å². The van der Waals surface area contributed by atoms with Gasteiger partial charge in [-0.15, -0.1) is 0 Å². The van der Waals surface area contributed by atoms with Crippen LogP contribution in [0.3, 0.4) is 0 Å². The molecule has 7 N–H and O–H groups in total. The van der Waals surface area contributed by atoms with Crippen LogP contribution in [-0.2, 0) is 15.6 Å². The van der Waals surface area contributed by atoms with Crippen LogP contribution in [0.1, 0.15) is 88.2 Å². The molecule has 4 aromatic heterocycles. The Labute approximate surface area is 406 Å². The molecule has 20 heteroatoms. The van der Waals surface area contributed by atoms with Crippen molar-refractivity contribution in [1.82, 2.24) is 40.5 Å². The molecule has 70 heavy (non-hydrogen) atoms. The first-order valence-electron chi connectivity index (χ1n) is 22.5. The summed E-state index contributed by atoms with van der Waals surface area (Å²) in [5.41, 5.74) is 2.50. The molecule has 5 amide bonds. The van der Waals surface area contributed by atoms with Crippen LogP contribution in [0, 0.1) is 23.7 Å². The van der Waals surface area contributed by atoms with Gasteiger partial charge in [0, 0.05) is 89.9 Å². The summed E-state index contributed by atoms with van der Waals surface area (Å²) in [6.07, 6.45) is 6.41. The minimum absolute atomic E-state index is 0.0311. The van der Waals surface area contributed by atoms with E-state index in [1.54, 1.807) is 67.0 Å². The Balaban J connectivity index is 1.00. The average molecular weight is 951 g/mol. The number of aromatic nitrogens is 6. The molecule has 4 heterocycles. The van der Waals surface area contributed by atoms with Gasteiger partial charge in [0.2, 0.25) is 18.1 Å². The Hall–Kier alpha value is -8.33. The molecule has 0 radical (unpaired) electrons. The maximum atomic E-state index is 13.9. The zero-order valence-corrected chi connectivity index (χ0v) is 40.5. The van der Waals surface area contributed by atoms with E-state index in [4.69, 9.17) is 9.05 Å². The Bertz CT molecular complexity index is 2840. The number of aliphatic hydroxyl groups is 1. The van der Waals surface area contributed by atoms with Crippen LogP contribution in [0.4, 0.5) is 44.5 Å². The summed E-state index contributed by atoms with van der Waals surface area (Å²) in [6, 6.07) is 15.7. The number of amides is 5. The van der Waals surface area contributed by atoms with Crippen molar-refractivity contribution in [2.75, 3.05) is 71.8 Å². The molecule has 2 aromatic carbocycles. The molecule has 0 aliphatic carbocycles. The molecule has 1 atom stereocenters. The molecule has 0 fully saturated rings. The van der Waals surface area contributed by atoms with Gasteiger partial charge in [0.05, 0.1) is 11.1 Å². The van der Waals surface area contributed by atoms with Crippen LogP contribution in [0.5, 0.6) is 0 Å². The molecular weight excluding hydrogens is 893 g/mol. The SMILES string of the molecule is CN(C)CCCCNc1ncc(C#Cc2cccc(NC(=O)N(c3cc(C(C)(C)C)on3)C(O)C(=O)NCCNc3ncc(C#Cc4cccc(NC(=O)Nc5cc(C(C)(C)C)on5)c4)cn3)c2)cn1. The molecular formula is C50H58N14O6. The molecule has 6 aromatic rings. The van der Waals surface area contributed by atoms with Crippen molar-refractivity contribution in [1.29, 1.82) is 0 Å². The number of rotatable bonds is 16. The van der Waals surface area contributed by atoms with Gasteiger partial charge >= 0.3 is 12.1 Å². The fraction of sp³-hybridized carbons (Fsp3) is 0.340. The minimum atomic E-state index is -2.00. The quantitative estimate of drug-likeness (QED) is 0.0306. The summed E-state index contributed by atoms with van der Waals surface area (Å²) < 4.78 is 10.8. The van der Waals surface area contributed by atoms with Gasteiger partial charge < -0.3 is 45.6 Å². The molecule has 0 saturated heterocycles. The van der Waals surface area contributed by atoms with E-state index in [9.17, 15) is 19.5 Å². The summed E-state index contributed by atoms with van der Waals surface area (Å²) in [7, 11) is 4.10. The highest BCUT2D eigenvalue weighted by Gasteiger charge is 2.33. The zero-order chi connectivity index (χ0) is 50.3. The largest absolute Gasteiger partial charge is 0.365 e. The molecule has 6 rings (SSSR count). The van der Waals surface area contributed by atoms with Crippen LogP contribution in [-0.4, -0.2) is 105 Å². The van der Waals surface area contributed by atoms with Gasteiger partial charge in [-0.05, 0) is 69.9 Å². The van der Waals surface area contributed by atoms with E-state index >= 15 is 0 Å². The minimum Gasteiger partial charge on any atom is -0.365 e. The van der Waals surface area contributed by atoms with Crippen molar-refractivity contribution in [3.63, 3.8) is 0 Å². The van der Waals surface area contributed by atoms with Gasteiger partial charge in [-0.2, -0.15) is 0 Å². The molecule has 364 valence electrons. The van der Waals surface area contributed by atoms with E-state index in [1.807, 2.05) is 55.6 Å². The third-order valence-electron chi connectivity index (χ3n) is 9.94. The summed E-state index contributed by atoms with van der Waals surface area (Å²) in [4.78, 5) is 60.1. The number of anilines is 6. The molecule has 0 spiro atoms. The number of hydrogen-bond donors (Lipinski definition) is 7. The number of aliphatic hydroxyl groups excluding tert-OH is 1. The lowest BCUT2D eigenvalue weighted by Crippen LogP contribution is -2.52. The Morgan fingerprint density at radius 3 is 1.71 bits per heavy atom. The molecule has 0 aliphatic heterocycles. The van der Waals surface area contributed by atoms with E-state index in [-0.39, 0.29) is 30.3 Å². The second kappa shape index (κ2) is 23.6. The van der Waals surface area contributed by atoms with Crippen LogP contribution in [0.2, 0.25) is 0 Å². The third-order valence-corrected chi connectivity index (χ3v) is 9.94. The van der Waals surface area contributed by atoms with E-state index in [0.29, 0.717) is 56.9 Å². The van der Waals surface area contributed by atoms with Crippen molar-refractivity contribution >= 4 is 52.9 Å². The Morgan fingerprint density at radius 1 is 0.643 bits per heavy atom. The highest BCUT2D eigenvalue weighted by atomic mass is 16.5. The molecule has 1 unspecified atom stereocenters. The van der Waals surface area contributed by atoms with E-state index in [2.05, 4.69) is 90.7 Å². The van der Waals surface area contributed by atoms with E-state index in [0.717, 1.165) is 30.8 Å². The van der Waals surface area contributed by atoms with Crippen molar-refractivity contribution in [3.8, 4) is 23.7 Å². The lowest BCUT2D eigenvalue weighted by atomic mass is 9.93. The molecule has 0 aliphatic rings. The van der Waals surface area contributed by atoms with Gasteiger partial charge in [0.1, 0.15) is 11.5 Å². The first kappa shape index (κ1) is 51.1. The lowest BCUT2D eigenvalue weighted by Gasteiger charge is -2.25. The predicted molar refractivity (Wildman–Crippen MR) is 267 cm³/mol. The van der Waals surface area contributed by atoms with Crippen LogP contribution in [0.25, 0.3) is 0 Å². The standard InChI is InChI=1S/C50H58N14O6/c1-49(2,3)39-27-41(61-69-39)60-47(67)58-37-15-11-13-33(25-37)17-19-36-31-56-46(57-32-36)53-23-22-51-43(65)44(66)64(42-28-40(70-62-42)50(4,5)6)48(68)59-38-16-12-14-34(26-38)18-20-35-29-54-45(55-30-35)52-21-9-10-24-63(7)8/h11-16,25-32,44,66H,9-10,21-24H2,1-8H3,(H,51,65)(H,59,68)(H,52,54,55)(H,53,56,57)(H2,58,60,61,67). The van der Waals surface area contributed by atoms with Crippen molar-refractivity contribution in [2.24, 2.45) is 0 Å². The Morgan fingerprint density at radius 2 is 1.17 bits per heavy atom. The normalized spacial score (nSPS) is 11.6. The second-order valence-electron chi connectivity index (χ2n) is 18.3. The predicted octanol–water partition coefficient (Wildman–Crippen LogP) is 6.62. The average Bonchev–Trinajstić information content (AvgIpc) is 4.01. The number of carbonyl (C=O) groups is 3. The number of carbonyl (C=O) groups excluding carboxylic acids is 3. The third kappa shape index (κ3) is 15.6. The number of urea groups is 2. The molecule has 20 nitrogen and oxygen atoms in total. The van der Waals surface area contributed by atoms with Gasteiger partial charge in [-0.25, -0.2) is 34.4 Å². The lowest BCUT2D eigenvalue weighted by molar-refractivity contribution is -0.128. The van der Waals surface area contributed by atoms with Crippen LogP contribution < -0.4 is 36.8 Å². The number of nitrogens with zero attached hydrogens (tertiary/aromatic N) is 8. The topological polar surface area (TPSA) is 254 Å². The summed E-state index contributed by atoms with van der Waals surface area (Å²) in [5, 5.41) is 36.3. The second-order valence-corrected chi connectivity index (χ2v) is 18.3. The number of benzene rings is 2. The summed E-state index contributed by atoms with van der Waals surface area (Å²) in [5.74, 6) is 13.4. The van der Waals surface area contributed by atoms with Gasteiger partial charge in [0.25, 0.3) is 5.91 Å². The first-order valence-corrected chi connectivity index (χ1v) is 22.5. The fourth-order valence-electron chi connectivity index (χ4n) is 6.15. The summed E-state index contributed by atoms with van der Waals surface area (Å²) >= 11 is 0. The smallest absolute Gasteiger partial charge is 0.330 e. The van der Waals surface area contributed by atoms with Crippen molar-refractivity contribution in [3.05, 3.63) is 119 Å². The van der Waals surface area contributed by atoms with Crippen molar-refractivity contribution in [2.45, 2.75) is 71.4 Å². The maximum Gasteiger partial charge on any atom is 0.330 e. The number of hydrogen-bond acceptors (Lipinski definition) is 15. The van der Waals surface area contributed by atoms with Crippen LogP contribution >= 0.6 is 0 Å². The highest BCUT2D eigenvalue weighted by molar-refractivity contribution is 6.05. The monoisotopic (exact) mass is 950 g/mol. The summed E-state index contributed by atoms with van der Waals surface area (Å²) in [6.45, 7) is 13.6. The molecule has 0 bridgehead atoms. The first-order chi connectivity index (χ1) is 33.4. The highest BCUT2D eigenvalue weighted by Crippen LogP contribution is 2.28. The number of unbranched alkanes of at least 4 members (excludes halogenated alkanes) is 1. The Kier molecular flexibility index (Phi) is 17.2. The van der Waals surface area contributed by atoms with Gasteiger partial charge in [0.15, 0.2) is 11.6 Å².